The maximum Gasteiger partial charge on any atom is 0.270 e. The van der Waals surface area contributed by atoms with Crippen molar-refractivity contribution < 1.29 is 14.4 Å². The minimum atomic E-state index is -0.422. The maximum absolute atomic E-state index is 10.8. The summed E-state index contributed by atoms with van der Waals surface area (Å²) in [7, 11) is 1.54. The fourth-order valence-electron chi connectivity index (χ4n) is 2.32. The summed E-state index contributed by atoms with van der Waals surface area (Å²) in [6.07, 6.45) is 2.89. The number of nitrogens with two attached hydrogens (primary N) is 1. The zero-order valence-corrected chi connectivity index (χ0v) is 10.9. The third kappa shape index (κ3) is 3.42. The molecule has 0 saturated heterocycles. The van der Waals surface area contributed by atoms with Gasteiger partial charge in [-0.3, -0.25) is 10.1 Å². The average Bonchev–Trinajstić information content (AvgIpc) is 2.81. The van der Waals surface area contributed by atoms with E-state index < -0.39 is 4.92 Å². The number of hydrogen-bond donors (Lipinski definition) is 1. The lowest BCUT2D eigenvalue weighted by Crippen LogP contribution is -2.17. The molecule has 0 aliphatic heterocycles. The van der Waals surface area contributed by atoms with Gasteiger partial charge in [0.2, 0.25) is 0 Å². The smallest absolute Gasteiger partial charge is 0.270 e. The molecule has 1 aromatic carbocycles. The van der Waals surface area contributed by atoms with E-state index in [0.29, 0.717) is 17.9 Å². The first-order valence-electron chi connectivity index (χ1n) is 6.28. The normalized spacial score (nSPS) is 22.4. The van der Waals surface area contributed by atoms with E-state index in [1.807, 2.05) is 0 Å². The summed E-state index contributed by atoms with van der Waals surface area (Å²) in [5.74, 6) is 0.605. The molecule has 2 rings (SSSR count). The second-order valence-corrected chi connectivity index (χ2v) is 4.76. The summed E-state index contributed by atoms with van der Waals surface area (Å²) in [6, 6.07) is 4.72. The lowest BCUT2D eigenvalue weighted by Gasteiger charge is -2.13. The average molecular weight is 266 g/mol. The Hall–Kier alpha value is -1.66. The van der Waals surface area contributed by atoms with Crippen molar-refractivity contribution in [2.24, 2.45) is 5.73 Å². The van der Waals surface area contributed by atoms with Gasteiger partial charge in [-0.1, -0.05) is 0 Å². The van der Waals surface area contributed by atoms with Crippen LogP contribution in [0.4, 0.5) is 5.69 Å². The molecule has 2 N–H and O–H groups in total. The summed E-state index contributed by atoms with van der Waals surface area (Å²) in [6.45, 7) is 0.308. The molecular formula is C13H18N2O4. The quantitative estimate of drug-likeness (QED) is 0.650. The van der Waals surface area contributed by atoms with Crippen molar-refractivity contribution in [1.82, 2.24) is 0 Å². The van der Waals surface area contributed by atoms with E-state index in [9.17, 15) is 10.1 Å². The molecule has 6 heteroatoms. The lowest BCUT2D eigenvalue weighted by molar-refractivity contribution is -0.385. The predicted octanol–water partition coefficient (Wildman–Crippen LogP) is 2.00. The van der Waals surface area contributed by atoms with Gasteiger partial charge in [0.05, 0.1) is 24.7 Å². The highest BCUT2D eigenvalue weighted by Gasteiger charge is 2.23. The van der Waals surface area contributed by atoms with Crippen LogP contribution in [-0.2, 0) is 11.3 Å². The first kappa shape index (κ1) is 13.8. The molecule has 19 heavy (non-hydrogen) atoms. The molecule has 0 amide bonds. The second-order valence-electron chi connectivity index (χ2n) is 4.76. The van der Waals surface area contributed by atoms with E-state index >= 15 is 0 Å². The fraction of sp³-hybridized carbons (Fsp3) is 0.538. The number of hydrogen-bond acceptors (Lipinski definition) is 5. The van der Waals surface area contributed by atoms with E-state index in [4.69, 9.17) is 15.2 Å². The number of rotatable bonds is 5. The summed E-state index contributed by atoms with van der Waals surface area (Å²) >= 11 is 0. The highest BCUT2D eigenvalue weighted by Crippen LogP contribution is 2.27. The van der Waals surface area contributed by atoms with Gasteiger partial charge in [-0.05, 0) is 25.3 Å². The standard InChI is InChI=1S/C13H18N2O4/c1-18-13-5-3-11(15(16)17)6-9(13)8-19-12-4-2-10(14)7-12/h3,5-6,10,12H,2,4,7-8,14H2,1H3. The number of nitro benzene ring substituents is 1. The number of nitro groups is 1. The van der Waals surface area contributed by atoms with Gasteiger partial charge in [0.15, 0.2) is 0 Å². The van der Waals surface area contributed by atoms with Crippen molar-refractivity contribution in [3.63, 3.8) is 0 Å². The van der Waals surface area contributed by atoms with Gasteiger partial charge < -0.3 is 15.2 Å². The first-order chi connectivity index (χ1) is 9.10. The van der Waals surface area contributed by atoms with Crippen LogP contribution in [0.3, 0.4) is 0 Å². The van der Waals surface area contributed by atoms with Crippen molar-refractivity contribution in [2.75, 3.05) is 7.11 Å². The third-order valence-corrected chi connectivity index (χ3v) is 3.37. The zero-order chi connectivity index (χ0) is 13.8. The minimum Gasteiger partial charge on any atom is -0.496 e. The van der Waals surface area contributed by atoms with Crippen LogP contribution < -0.4 is 10.5 Å². The summed E-state index contributed by atoms with van der Waals surface area (Å²) in [4.78, 5) is 10.3. The van der Waals surface area contributed by atoms with Crippen molar-refractivity contribution >= 4 is 5.69 Å². The molecule has 1 fully saturated rings. The number of methoxy groups -OCH3 is 1. The summed E-state index contributed by atoms with van der Waals surface area (Å²) < 4.78 is 10.9. The van der Waals surface area contributed by atoms with Crippen LogP contribution in [0.15, 0.2) is 18.2 Å². The van der Waals surface area contributed by atoms with E-state index in [1.54, 1.807) is 6.07 Å². The molecule has 0 spiro atoms. The molecule has 1 saturated carbocycles. The van der Waals surface area contributed by atoms with Crippen LogP contribution in [-0.4, -0.2) is 24.2 Å². The maximum atomic E-state index is 10.8. The van der Waals surface area contributed by atoms with Gasteiger partial charge in [0, 0.05) is 23.7 Å². The van der Waals surface area contributed by atoms with Crippen LogP contribution in [0, 0.1) is 10.1 Å². The van der Waals surface area contributed by atoms with Crippen molar-refractivity contribution in [3.05, 3.63) is 33.9 Å². The number of benzene rings is 1. The Morgan fingerprint density at radius 2 is 2.26 bits per heavy atom. The van der Waals surface area contributed by atoms with Crippen LogP contribution in [0.25, 0.3) is 0 Å². The van der Waals surface area contributed by atoms with Gasteiger partial charge in [-0.2, -0.15) is 0 Å². The second kappa shape index (κ2) is 5.99. The van der Waals surface area contributed by atoms with Gasteiger partial charge in [-0.25, -0.2) is 0 Å². The Morgan fingerprint density at radius 3 is 2.84 bits per heavy atom. The van der Waals surface area contributed by atoms with Crippen molar-refractivity contribution in [2.45, 2.75) is 38.0 Å². The van der Waals surface area contributed by atoms with Crippen LogP contribution in [0.1, 0.15) is 24.8 Å². The largest absolute Gasteiger partial charge is 0.496 e. The van der Waals surface area contributed by atoms with E-state index in [1.165, 1.54) is 19.2 Å². The SMILES string of the molecule is COc1ccc([N+](=O)[O-])cc1COC1CCC(N)C1. The topological polar surface area (TPSA) is 87.6 Å². The van der Waals surface area contributed by atoms with Gasteiger partial charge in [0.25, 0.3) is 5.69 Å². The summed E-state index contributed by atoms with van der Waals surface area (Å²) in [5, 5.41) is 10.8. The fourth-order valence-corrected chi connectivity index (χ4v) is 2.32. The lowest BCUT2D eigenvalue weighted by atomic mass is 10.2. The molecule has 1 aliphatic rings. The Bertz CT molecular complexity index is 464. The Morgan fingerprint density at radius 1 is 1.47 bits per heavy atom. The summed E-state index contributed by atoms with van der Waals surface area (Å²) in [5.41, 5.74) is 6.56. The number of nitrogens with zero attached hydrogens (tertiary/aromatic N) is 1. The van der Waals surface area contributed by atoms with Crippen molar-refractivity contribution in [1.29, 1.82) is 0 Å². The van der Waals surface area contributed by atoms with Gasteiger partial charge in [0.1, 0.15) is 5.75 Å². The Kier molecular flexibility index (Phi) is 4.34. The molecule has 0 heterocycles. The molecular weight excluding hydrogens is 248 g/mol. The molecule has 1 aromatic rings. The van der Waals surface area contributed by atoms with E-state index in [0.717, 1.165) is 19.3 Å². The molecule has 6 nitrogen and oxygen atoms in total. The Labute approximate surface area is 111 Å². The van der Waals surface area contributed by atoms with Crippen LogP contribution in [0.5, 0.6) is 5.75 Å². The van der Waals surface area contributed by atoms with Crippen molar-refractivity contribution in [3.8, 4) is 5.75 Å². The molecule has 0 aromatic heterocycles. The van der Waals surface area contributed by atoms with Crippen LogP contribution >= 0.6 is 0 Å². The molecule has 104 valence electrons. The Balaban J connectivity index is 2.05. The molecule has 0 radical (unpaired) electrons. The monoisotopic (exact) mass is 266 g/mol. The highest BCUT2D eigenvalue weighted by molar-refractivity contribution is 5.43. The van der Waals surface area contributed by atoms with E-state index in [-0.39, 0.29) is 17.8 Å². The van der Waals surface area contributed by atoms with Gasteiger partial charge >= 0.3 is 0 Å². The molecule has 0 bridgehead atoms. The predicted molar refractivity (Wildman–Crippen MR) is 70.1 cm³/mol. The van der Waals surface area contributed by atoms with Gasteiger partial charge in [-0.15, -0.1) is 0 Å². The van der Waals surface area contributed by atoms with E-state index in [2.05, 4.69) is 0 Å². The molecule has 2 unspecified atom stereocenters. The first-order valence-corrected chi connectivity index (χ1v) is 6.28. The van der Waals surface area contributed by atoms with Crippen LogP contribution in [0.2, 0.25) is 0 Å². The molecule has 1 aliphatic carbocycles. The number of ether oxygens (including phenoxy) is 2. The molecule has 2 atom stereocenters. The number of non-ortho nitro benzene ring substituents is 1. The highest BCUT2D eigenvalue weighted by atomic mass is 16.6. The zero-order valence-electron chi connectivity index (χ0n) is 10.9. The minimum absolute atomic E-state index is 0.0440. The third-order valence-electron chi connectivity index (χ3n) is 3.37.